The molecule has 0 saturated heterocycles. The van der Waals surface area contributed by atoms with Gasteiger partial charge in [-0.05, 0) is 18.3 Å². The highest BCUT2D eigenvalue weighted by molar-refractivity contribution is 4.65. The van der Waals surface area contributed by atoms with Crippen molar-refractivity contribution in [1.82, 2.24) is 0 Å². The van der Waals surface area contributed by atoms with Crippen molar-refractivity contribution < 1.29 is 0 Å². The summed E-state index contributed by atoms with van der Waals surface area (Å²) in [5.41, 5.74) is 0.532. The lowest BCUT2D eigenvalue weighted by Gasteiger charge is -2.17. The molecule has 109 valence electrons. The summed E-state index contributed by atoms with van der Waals surface area (Å²) in [7, 11) is 0. The van der Waals surface area contributed by atoms with Crippen molar-refractivity contribution in [3.63, 3.8) is 0 Å². The van der Waals surface area contributed by atoms with Crippen LogP contribution in [-0.2, 0) is 0 Å². The van der Waals surface area contributed by atoms with Crippen LogP contribution in [0, 0.1) is 11.8 Å². The molecule has 0 aromatic carbocycles. The van der Waals surface area contributed by atoms with E-state index in [4.69, 9.17) is 0 Å². The summed E-state index contributed by atoms with van der Waals surface area (Å²) in [6.45, 7) is 9.32. The number of hydrogen-bond donors (Lipinski definition) is 0. The summed E-state index contributed by atoms with van der Waals surface area (Å²) >= 11 is 0. The minimum atomic E-state index is 0.532. The molecule has 0 aliphatic heterocycles. The molecule has 0 N–H and O–H groups in total. The molecular weight excluding hydrogens is 216 g/mol. The third kappa shape index (κ3) is 16.0. The molecule has 1 radical (unpaired) electrons. The van der Waals surface area contributed by atoms with Crippen LogP contribution >= 0.6 is 0 Å². The maximum Gasteiger partial charge on any atom is -0.0383 e. The highest BCUT2D eigenvalue weighted by atomic mass is 14.1. The Bertz CT molecular complexity index is 152. The molecule has 0 unspecified atom stereocenters. The van der Waals surface area contributed by atoms with Crippen LogP contribution in [0.4, 0.5) is 0 Å². The first-order valence-corrected chi connectivity index (χ1v) is 8.38. The van der Waals surface area contributed by atoms with Crippen molar-refractivity contribution in [3.05, 3.63) is 6.42 Å². The molecule has 0 aliphatic carbocycles. The van der Waals surface area contributed by atoms with Crippen LogP contribution in [0.5, 0.6) is 0 Å². The third-order valence-electron chi connectivity index (χ3n) is 3.60. The van der Waals surface area contributed by atoms with Crippen LogP contribution in [0.25, 0.3) is 0 Å². The molecule has 0 bridgehead atoms. The van der Waals surface area contributed by atoms with Gasteiger partial charge in [0.2, 0.25) is 0 Å². The van der Waals surface area contributed by atoms with Gasteiger partial charge < -0.3 is 0 Å². The van der Waals surface area contributed by atoms with Gasteiger partial charge in [-0.2, -0.15) is 0 Å². The van der Waals surface area contributed by atoms with Crippen LogP contribution in [-0.4, -0.2) is 0 Å². The van der Waals surface area contributed by atoms with Gasteiger partial charge in [0, 0.05) is 0 Å². The predicted octanol–water partition coefficient (Wildman–Crippen LogP) is 6.94. The second kappa shape index (κ2) is 12.1. The summed E-state index contributed by atoms with van der Waals surface area (Å²) in [4.78, 5) is 0. The molecule has 0 heterocycles. The molecule has 0 spiro atoms. The van der Waals surface area contributed by atoms with Crippen LogP contribution in [0.2, 0.25) is 0 Å². The SMILES string of the molecule is CCCCCCC[CH]CCCCCCC(C)(C)C. The minimum absolute atomic E-state index is 0.532. The van der Waals surface area contributed by atoms with Gasteiger partial charge in [-0.3, -0.25) is 0 Å². The standard InChI is InChI=1S/C18H37/c1-5-6-7-8-9-10-11-12-13-14-15-16-17-18(2,3)4/h11H,5-10,12-17H2,1-4H3. The summed E-state index contributed by atoms with van der Waals surface area (Å²) in [5, 5.41) is 0. The van der Waals surface area contributed by atoms with E-state index in [1.54, 1.807) is 0 Å². The highest BCUT2D eigenvalue weighted by Gasteiger charge is 2.08. The first kappa shape index (κ1) is 18.0. The van der Waals surface area contributed by atoms with Crippen LogP contribution in [0.1, 0.15) is 105 Å². The molecule has 18 heavy (non-hydrogen) atoms. The highest BCUT2D eigenvalue weighted by Crippen LogP contribution is 2.22. The van der Waals surface area contributed by atoms with Gasteiger partial charge in [-0.15, -0.1) is 0 Å². The van der Waals surface area contributed by atoms with E-state index in [1.807, 2.05) is 0 Å². The molecule has 0 amide bonds. The van der Waals surface area contributed by atoms with Gasteiger partial charge in [-0.25, -0.2) is 0 Å². The normalized spacial score (nSPS) is 12.0. The number of unbranched alkanes of at least 4 members (excludes halogenated alkanes) is 11. The van der Waals surface area contributed by atoms with E-state index < -0.39 is 0 Å². The minimum Gasteiger partial charge on any atom is -0.0654 e. The topological polar surface area (TPSA) is 0 Å². The predicted molar refractivity (Wildman–Crippen MR) is 84.8 cm³/mol. The first-order chi connectivity index (χ1) is 8.56. The fourth-order valence-electron chi connectivity index (χ4n) is 2.33. The molecule has 0 aromatic rings. The summed E-state index contributed by atoms with van der Waals surface area (Å²) in [6.07, 6.45) is 19.4. The van der Waals surface area contributed by atoms with Crippen molar-refractivity contribution in [2.45, 2.75) is 105 Å². The summed E-state index contributed by atoms with van der Waals surface area (Å²) < 4.78 is 0. The van der Waals surface area contributed by atoms with Crippen molar-refractivity contribution in [2.75, 3.05) is 0 Å². The maximum absolute atomic E-state index is 2.52. The van der Waals surface area contributed by atoms with Crippen LogP contribution in [0.3, 0.4) is 0 Å². The van der Waals surface area contributed by atoms with Crippen LogP contribution < -0.4 is 0 Å². The molecule has 0 atom stereocenters. The Morgan fingerprint density at radius 2 is 1.17 bits per heavy atom. The molecule has 0 rings (SSSR count). The molecule has 0 nitrogen and oxygen atoms in total. The maximum atomic E-state index is 2.52. The van der Waals surface area contributed by atoms with E-state index in [1.165, 1.54) is 77.0 Å². The summed E-state index contributed by atoms with van der Waals surface area (Å²) in [6, 6.07) is 0. The Kier molecular flexibility index (Phi) is 12.1. The van der Waals surface area contributed by atoms with Gasteiger partial charge in [0.1, 0.15) is 0 Å². The van der Waals surface area contributed by atoms with Gasteiger partial charge in [0.15, 0.2) is 0 Å². The van der Waals surface area contributed by atoms with Crippen molar-refractivity contribution in [1.29, 1.82) is 0 Å². The zero-order valence-electron chi connectivity index (χ0n) is 13.6. The molecule has 0 heteroatoms. The van der Waals surface area contributed by atoms with E-state index in [9.17, 15) is 0 Å². The fraction of sp³-hybridized carbons (Fsp3) is 0.944. The lowest BCUT2D eigenvalue weighted by Crippen LogP contribution is -2.03. The second-order valence-corrected chi connectivity index (χ2v) is 7.01. The quantitative estimate of drug-likeness (QED) is 0.330. The molecule has 0 fully saturated rings. The van der Waals surface area contributed by atoms with Gasteiger partial charge in [0.25, 0.3) is 0 Å². The molecule has 0 aromatic heterocycles. The van der Waals surface area contributed by atoms with E-state index >= 15 is 0 Å². The summed E-state index contributed by atoms with van der Waals surface area (Å²) in [5.74, 6) is 0. The van der Waals surface area contributed by atoms with Crippen LogP contribution in [0.15, 0.2) is 0 Å². The zero-order chi connectivity index (χ0) is 13.7. The zero-order valence-corrected chi connectivity index (χ0v) is 13.6. The van der Waals surface area contributed by atoms with E-state index in [2.05, 4.69) is 34.1 Å². The van der Waals surface area contributed by atoms with E-state index in [-0.39, 0.29) is 0 Å². The largest absolute Gasteiger partial charge is 0.0654 e. The van der Waals surface area contributed by atoms with Crippen molar-refractivity contribution >= 4 is 0 Å². The lowest BCUT2D eigenvalue weighted by molar-refractivity contribution is 0.357. The van der Waals surface area contributed by atoms with Gasteiger partial charge >= 0.3 is 0 Å². The monoisotopic (exact) mass is 253 g/mol. The molecular formula is C18H37. The van der Waals surface area contributed by atoms with E-state index in [0.717, 1.165) is 0 Å². The Hall–Kier alpha value is 0. The Morgan fingerprint density at radius 1 is 0.667 bits per heavy atom. The fourth-order valence-corrected chi connectivity index (χ4v) is 2.33. The first-order valence-electron chi connectivity index (χ1n) is 8.38. The Balaban J connectivity index is 2.99. The Morgan fingerprint density at radius 3 is 1.67 bits per heavy atom. The smallest absolute Gasteiger partial charge is 0.0383 e. The third-order valence-corrected chi connectivity index (χ3v) is 3.60. The molecule has 0 saturated carbocycles. The van der Waals surface area contributed by atoms with Crippen molar-refractivity contribution in [3.8, 4) is 0 Å². The second-order valence-electron chi connectivity index (χ2n) is 7.01. The number of rotatable bonds is 12. The number of hydrogen-bond acceptors (Lipinski definition) is 0. The average molecular weight is 253 g/mol. The lowest BCUT2D eigenvalue weighted by atomic mass is 9.89. The van der Waals surface area contributed by atoms with Gasteiger partial charge in [-0.1, -0.05) is 98.3 Å². The Labute approximate surface area is 117 Å². The van der Waals surface area contributed by atoms with Gasteiger partial charge in [0.05, 0.1) is 0 Å². The molecule has 0 aliphatic rings. The average Bonchev–Trinajstić information content (AvgIpc) is 2.29. The van der Waals surface area contributed by atoms with E-state index in [0.29, 0.717) is 5.41 Å². The van der Waals surface area contributed by atoms with Crippen molar-refractivity contribution in [2.24, 2.45) is 5.41 Å².